The van der Waals surface area contributed by atoms with Crippen LogP contribution in [-0.4, -0.2) is 30.2 Å². The monoisotopic (exact) mass is 452 g/mol. The summed E-state index contributed by atoms with van der Waals surface area (Å²) in [5.74, 6) is 0.607. The van der Waals surface area contributed by atoms with Crippen molar-refractivity contribution in [2.75, 3.05) is 0 Å². The van der Waals surface area contributed by atoms with E-state index in [0.717, 1.165) is 26.5 Å². The zero-order chi connectivity index (χ0) is 20.7. The molecule has 0 amide bonds. The van der Waals surface area contributed by atoms with Crippen LogP contribution in [0, 0.1) is 6.92 Å². The molecule has 0 aliphatic rings. The molecule has 0 aliphatic carbocycles. The molecule has 0 saturated heterocycles. The lowest BCUT2D eigenvalue weighted by Crippen LogP contribution is -2.12. The highest BCUT2D eigenvalue weighted by Crippen LogP contribution is 2.36. The van der Waals surface area contributed by atoms with Crippen molar-refractivity contribution in [2.24, 2.45) is 0 Å². The van der Waals surface area contributed by atoms with E-state index in [9.17, 15) is 4.79 Å². The van der Waals surface area contributed by atoms with Crippen LogP contribution in [0.2, 0.25) is 0 Å². The molecule has 0 saturated carbocycles. The highest BCUT2D eigenvalue weighted by Gasteiger charge is 2.20. The second kappa shape index (κ2) is 7.78. The van der Waals surface area contributed by atoms with E-state index >= 15 is 0 Å². The fraction of sp³-hybridized carbons (Fsp3) is 0.150. The minimum atomic E-state index is -0.135. The predicted molar refractivity (Wildman–Crippen MR) is 122 cm³/mol. The highest BCUT2D eigenvalue weighted by atomic mass is 32.2. The van der Waals surface area contributed by atoms with E-state index in [0.29, 0.717) is 16.4 Å². The molecule has 1 atom stereocenters. The van der Waals surface area contributed by atoms with Gasteiger partial charge in [0.05, 0.1) is 16.3 Å². The number of hydrogen-bond donors (Lipinski definition) is 1. The normalized spacial score (nSPS) is 12.5. The maximum absolute atomic E-state index is 12.9. The number of tetrazole rings is 1. The van der Waals surface area contributed by atoms with Crippen LogP contribution in [0.15, 0.2) is 57.1 Å². The average Bonchev–Trinajstić information content (AvgIpc) is 3.48. The van der Waals surface area contributed by atoms with Gasteiger partial charge in [-0.25, -0.2) is 4.98 Å². The van der Waals surface area contributed by atoms with E-state index in [4.69, 9.17) is 4.98 Å². The number of thiophene rings is 2. The molecule has 0 bridgehead atoms. The Morgan fingerprint density at radius 2 is 2.10 bits per heavy atom. The van der Waals surface area contributed by atoms with Crippen LogP contribution in [0.3, 0.4) is 0 Å². The number of aromatic amines is 1. The SMILES string of the molecule is Cc1cccc(-n2nnnc2SC(C)c2nc3scc(-c4cccs4)c3c(=O)[nH]2)c1. The standard InChI is InChI=1S/C20H16N6OS3/c1-11-5-3-6-13(9-11)26-20(23-24-25-26)30-12(2)17-21-18(27)16-14(10-29-19(16)22-17)15-7-4-8-28-15/h3-10,12H,1-2H3,(H,21,22,27). The van der Waals surface area contributed by atoms with Crippen LogP contribution in [0.5, 0.6) is 0 Å². The van der Waals surface area contributed by atoms with Gasteiger partial charge in [-0.05, 0) is 53.4 Å². The number of nitrogens with zero attached hydrogens (tertiary/aromatic N) is 5. The Kier molecular flexibility index (Phi) is 4.97. The summed E-state index contributed by atoms with van der Waals surface area (Å²) in [5.41, 5.74) is 2.84. The van der Waals surface area contributed by atoms with Gasteiger partial charge in [0.15, 0.2) is 0 Å². The summed E-state index contributed by atoms with van der Waals surface area (Å²) in [6, 6.07) is 12.0. The lowest BCUT2D eigenvalue weighted by molar-refractivity contribution is 0.753. The van der Waals surface area contributed by atoms with Gasteiger partial charge in [0.1, 0.15) is 10.7 Å². The smallest absolute Gasteiger partial charge is 0.260 e. The summed E-state index contributed by atoms with van der Waals surface area (Å²) in [6.45, 7) is 4.01. The zero-order valence-corrected chi connectivity index (χ0v) is 18.5. The minimum Gasteiger partial charge on any atom is -0.309 e. The Balaban J connectivity index is 1.47. The van der Waals surface area contributed by atoms with Crippen molar-refractivity contribution in [3.63, 3.8) is 0 Å². The number of fused-ring (bicyclic) bond motifs is 1. The molecule has 10 heteroatoms. The van der Waals surface area contributed by atoms with Crippen LogP contribution >= 0.6 is 34.4 Å². The van der Waals surface area contributed by atoms with Gasteiger partial charge in [0.25, 0.3) is 5.56 Å². The van der Waals surface area contributed by atoms with E-state index in [1.54, 1.807) is 16.0 Å². The average molecular weight is 453 g/mol. The van der Waals surface area contributed by atoms with Crippen molar-refractivity contribution >= 4 is 44.7 Å². The first-order valence-electron chi connectivity index (χ1n) is 9.17. The Bertz CT molecular complexity index is 1390. The number of aryl methyl sites for hydroxylation is 1. The number of H-pyrrole nitrogens is 1. The molecule has 30 heavy (non-hydrogen) atoms. The summed E-state index contributed by atoms with van der Waals surface area (Å²) in [4.78, 5) is 22.4. The Morgan fingerprint density at radius 3 is 2.90 bits per heavy atom. The van der Waals surface area contributed by atoms with Gasteiger partial charge in [-0.15, -0.1) is 27.8 Å². The van der Waals surface area contributed by atoms with Crippen molar-refractivity contribution in [1.82, 2.24) is 30.2 Å². The first-order valence-corrected chi connectivity index (χ1v) is 11.8. The first kappa shape index (κ1) is 19.2. The van der Waals surface area contributed by atoms with Crippen LogP contribution in [-0.2, 0) is 0 Å². The van der Waals surface area contributed by atoms with E-state index in [1.807, 2.05) is 61.0 Å². The molecule has 7 nitrogen and oxygen atoms in total. The molecule has 4 aromatic heterocycles. The maximum Gasteiger partial charge on any atom is 0.260 e. The fourth-order valence-corrected chi connectivity index (χ4v) is 5.79. The number of rotatable bonds is 5. The van der Waals surface area contributed by atoms with Gasteiger partial charge >= 0.3 is 0 Å². The molecule has 150 valence electrons. The maximum atomic E-state index is 12.9. The molecule has 0 spiro atoms. The summed E-state index contributed by atoms with van der Waals surface area (Å²) >= 11 is 4.56. The molecular formula is C20H16N6OS3. The van der Waals surface area contributed by atoms with Crippen molar-refractivity contribution in [3.8, 4) is 16.1 Å². The van der Waals surface area contributed by atoms with E-state index in [-0.39, 0.29) is 10.8 Å². The number of nitrogens with one attached hydrogen (secondary N) is 1. The summed E-state index contributed by atoms with van der Waals surface area (Å²) in [6.07, 6.45) is 0. The van der Waals surface area contributed by atoms with Gasteiger partial charge < -0.3 is 4.98 Å². The van der Waals surface area contributed by atoms with Crippen molar-refractivity contribution < 1.29 is 0 Å². The number of hydrogen-bond acceptors (Lipinski definition) is 8. The lowest BCUT2D eigenvalue weighted by atomic mass is 10.2. The van der Waals surface area contributed by atoms with Gasteiger partial charge in [0.2, 0.25) is 5.16 Å². The minimum absolute atomic E-state index is 0.120. The molecule has 1 N–H and O–H groups in total. The molecular weight excluding hydrogens is 436 g/mol. The molecule has 0 aliphatic heterocycles. The third-order valence-corrected chi connectivity index (χ3v) is 7.42. The Labute approximate surface area is 183 Å². The molecule has 0 radical (unpaired) electrons. The number of thioether (sulfide) groups is 1. The van der Waals surface area contributed by atoms with E-state index in [2.05, 4.69) is 20.5 Å². The molecule has 5 aromatic rings. The molecule has 1 unspecified atom stereocenters. The lowest BCUT2D eigenvalue weighted by Gasteiger charge is -2.10. The Hall–Kier alpha value is -2.82. The van der Waals surface area contributed by atoms with E-state index < -0.39 is 0 Å². The van der Waals surface area contributed by atoms with Gasteiger partial charge in [-0.3, -0.25) is 4.79 Å². The first-order chi connectivity index (χ1) is 14.6. The quantitative estimate of drug-likeness (QED) is 0.384. The second-order valence-corrected chi connectivity index (χ2v) is 9.84. The van der Waals surface area contributed by atoms with Gasteiger partial charge in [-0.1, -0.05) is 30.0 Å². The van der Waals surface area contributed by atoms with Crippen LogP contribution in [0.25, 0.3) is 26.3 Å². The van der Waals surface area contributed by atoms with Crippen molar-refractivity contribution in [1.29, 1.82) is 0 Å². The van der Waals surface area contributed by atoms with Crippen LogP contribution in [0.1, 0.15) is 23.6 Å². The molecule has 1 aromatic carbocycles. The topological polar surface area (TPSA) is 89.3 Å². The van der Waals surface area contributed by atoms with Crippen LogP contribution < -0.4 is 5.56 Å². The second-order valence-electron chi connectivity index (χ2n) is 6.73. The molecule has 0 fully saturated rings. The summed E-state index contributed by atoms with van der Waals surface area (Å²) in [7, 11) is 0. The third-order valence-electron chi connectivity index (χ3n) is 4.60. The number of aromatic nitrogens is 6. The van der Waals surface area contributed by atoms with E-state index in [1.165, 1.54) is 23.1 Å². The third kappa shape index (κ3) is 3.47. The zero-order valence-electron chi connectivity index (χ0n) is 16.1. The van der Waals surface area contributed by atoms with Gasteiger partial charge in [0, 0.05) is 15.8 Å². The fourth-order valence-electron chi connectivity index (χ4n) is 3.16. The van der Waals surface area contributed by atoms with Crippen molar-refractivity contribution in [3.05, 3.63) is 68.9 Å². The summed E-state index contributed by atoms with van der Waals surface area (Å²) in [5, 5.41) is 17.3. The Morgan fingerprint density at radius 1 is 1.20 bits per heavy atom. The summed E-state index contributed by atoms with van der Waals surface area (Å²) < 4.78 is 1.70. The largest absolute Gasteiger partial charge is 0.309 e. The number of benzene rings is 1. The molecule has 4 heterocycles. The predicted octanol–water partition coefficient (Wildman–Crippen LogP) is 4.85. The molecule has 5 rings (SSSR count). The highest BCUT2D eigenvalue weighted by molar-refractivity contribution is 7.99. The van der Waals surface area contributed by atoms with Crippen molar-refractivity contribution in [2.45, 2.75) is 24.3 Å². The van der Waals surface area contributed by atoms with Crippen LogP contribution in [0.4, 0.5) is 0 Å². The van der Waals surface area contributed by atoms with Gasteiger partial charge in [-0.2, -0.15) is 4.68 Å².